The van der Waals surface area contributed by atoms with Crippen molar-refractivity contribution in [3.8, 4) is 0 Å². The molecule has 0 aromatic rings. The van der Waals surface area contributed by atoms with Crippen LogP contribution in [0.3, 0.4) is 0 Å². The first-order valence-corrected chi connectivity index (χ1v) is 7.23. The Bertz CT molecular complexity index is 179. The number of methoxy groups -OCH3 is 1. The van der Waals surface area contributed by atoms with Crippen molar-refractivity contribution in [3.63, 3.8) is 0 Å². The third-order valence-corrected chi connectivity index (χ3v) is 2.64. The Morgan fingerprint density at radius 2 is 1.50 bits per heavy atom. The maximum absolute atomic E-state index is 10.6. The molecule has 0 aromatic carbocycles. The Labute approximate surface area is 112 Å². The lowest BCUT2D eigenvalue weighted by atomic mass is 10.2. The highest BCUT2D eigenvalue weighted by Gasteiger charge is 1.97. The van der Waals surface area contributed by atoms with E-state index >= 15 is 0 Å². The third-order valence-electron chi connectivity index (χ3n) is 2.64. The molecule has 0 N–H and O–H groups in total. The predicted molar refractivity (Wildman–Crippen MR) is 75.6 cm³/mol. The van der Waals surface area contributed by atoms with Crippen molar-refractivity contribution in [3.05, 3.63) is 0 Å². The lowest BCUT2D eigenvalue weighted by molar-refractivity contribution is -0.140. The van der Waals surface area contributed by atoms with Gasteiger partial charge in [0, 0.05) is 12.8 Å². The van der Waals surface area contributed by atoms with Gasteiger partial charge < -0.3 is 9.53 Å². The quantitative estimate of drug-likeness (QED) is 0.333. The fourth-order valence-electron chi connectivity index (χ4n) is 1.45. The van der Waals surface area contributed by atoms with Crippen LogP contribution in [0.25, 0.3) is 0 Å². The van der Waals surface area contributed by atoms with Gasteiger partial charge in [0.2, 0.25) is 0 Å². The molecule has 0 aliphatic heterocycles. The van der Waals surface area contributed by atoms with Gasteiger partial charge in [-0.1, -0.05) is 52.4 Å². The molecule has 108 valence electrons. The highest BCUT2D eigenvalue weighted by Crippen LogP contribution is 2.02. The number of unbranched alkanes of at least 4 members (excludes halogenated alkanes) is 7. The zero-order valence-corrected chi connectivity index (χ0v) is 12.4. The van der Waals surface area contributed by atoms with Crippen LogP contribution in [0.5, 0.6) is 0 Å². The van der Waals surface area contributed by atoms with Gasteiger partial charge in [-0.15, -0.1) is 0 Å². The average Bonchev–Trinajstić information content (AvgIpc) is 2.40. The van der Waals surface area contributed by atoms with E-state index in [2.05, 4.69) is 18.6 Å². The highest BCUT2D eigenvalue weighted by molar-refractivity contribution is 5.68. The molecule has 3 nitrogen and oxygen atoms in total. The van der Waals surface area contributed by atoms with E-state index in [-0.39, 0.29) is 5.97 Å². The third kappa shape index (κ3) is 20.5. The monoisotopic (exact) mass is 258 g/mol. The number of carbonyl (C=O) groups is 2. The molecule has 0 radical (unpaired) electrons. The summed E-state index contributed by atoms with van der Waals surface area (Å²) in [5.41, 5.74) is 0. The van der Waals surface area contributed by atoms with Gasteiger partial charge in [0.1, 0.15) is 6.29 Å². The summed E-state index contributed by atoms with van der Waals surface area (Å²) in [4.78, 5) is 20.3. The van der Waals surface area contributed by atoms with E-state index in [9.17, 15) is 9.59 Å². The normalized spacial score (nSPS) is 9.28. The van der Waals surface area contributed by atoms with Crippen LogP contribution < -0.4 is 0 Å². The summed E-state index contributed by atoms with van der Waals surface area (Å²) in [5, 5.41) is 0. The fourth-order valence-corrected chi connectivity index (χ4v) is 1.45. The summed E-state index contributed by atoms with van der Waals surface area (Å²) >= 11 is 0. The van der Waals surface area contributed by atoms with Crippen LogP contribution in [0.4, 0.5) is 0 Å². The molecular formula is C15H30O3. The molecule has 0 heterocycles. The van der Waals surface area contributed by atoms with Gasteiger partial charge in [-0.05, 0) is 12.8 Å². The molecule has 0 amide bonds. The van der Waals surface area contributed by atoms with Gasteiger partial charge in [0.15, 0.2) is 0 Å². The minimum Gasteiger partial charge on any atom is -0.469 e. The van der Waals surface area contributed by atoms with Crippen LogP contribution in [0.2, 0.25) is 0 Å². The van der Waals surface area contributed by atoms with Crippen molar-refractivity contribution in [1.82, 2.24) is 0 Å². The molecule has 0 aromatic heterocycles. The van der Waals surface area contributed by atoms with Crippen LogP contribution in [0, 0.1) is 0 Å². The molecule has 18 heavy (non-hydrogen) atoms. The Morgan fingerprint density at radius 1 is 0.944 bits per heavy atom. The number of hydrogen-bond acceptors (Lipinski definition) is 3. The second-order valence-corrected chi connectivity index (χ2v) is 4.40. The molecule has 0 saturated heterocycles. The molecule has 0 spiro atoms. The van der Waals surface area contributed by atoms with Crippen molar-refractivity contribution in [2.24, 2.45) is 0 Å². The van der Waals surface area contributed by atoms with Gasteiger partial charge in [0.05, 0.1) is 7.11 Å². The molecule has 0 fully saturated rings. The summed E-state index contributed by atoms with van der Waals surface area (Å²) in [5.74, 6) is -0.0869. The van der Waals surface area contributed by atoms with E-state index in [1.54, 1.807) is 0 Å². The topological polar surface area (TPSA) is 43.4 Å². The molecule has 0 rings (SSSR count). The predicted octanol–water partition coefficient (Wildman–Crippen LogP) is 4.29. The lowest BCUT2D eigenvalue weighted by Crippen LogP contribution is -1.98. The highest BCUT2D eigenvalue weighted by atomic mass is 16.5. The summed E-state index contributed by atoms with van der Waals surface area (Å²) in [6.07, 6.45) is 11.7. The maximum Gasteiger partial charge on any atom is 0.305 e. The molecule has 0 saturated carbocycles. The lowest BCUT2D eigenvalue weighted by Gasteiger charge is -1.97. The van der Waals surface area contributed by atoms with Gasteiger partial charge in [-0.3, -0.25) is 4.79 Å². The largest absolute Gasteiger partial charge is 0.469 e. The van der Waals surface area contributed by atoms with Gasteiger partial charge in [0.25, 0.3) is 0 Å². The zero-order valence-electron chi connectivity index (χ0n) is 12.4. The van der Waals surface area contributed by atoms with Crippen molar-refractivity contribution in [1.29, 1.82) is 0 Å². The fraction of sp³-hybridized carbons (Fsp3) is 0.867. The van der Waals surface area contributed by atoms with Crippen molar-refractivity contribution >= 4 is 12.3 Å². The van der Waals surface area contributed by atoms with Gasteiger partial charge >= 0.3 is 5.97 Å². The smallest absolute Gasteiger partial charge is 0.305 e. The number of carbonyl (C=O) groups excluding carboxylic acids is 2. The van der Waals surface area contributed by atoms with Crippen LogP contribution in [0.15, 0.2) is 0 Å². The van der Waals surface area contributed by atoms with Gasteiger partial charge in [-0.25, -0.2) is 0 Å². The Morgan fingerprint density at radius 3 is 1.94 bits per heavy atom. The number of aldehydes is 1. The molecule has 0 bridgehead atoms. The number of hydrogen-bond donors (Lipinski definition) is 0. The molecular weight excluding hydrogens is 228 g/mol. The average molecular weight is 258 g/mol. The van der Waals surface area contributed by atoms with Crippen LogP contribution in [-0.4, -0.2) is 19.4 Å². The van der Waals surface area contributed by atoms with Crippen molar-refractivity contribution in [2.45, 2.75) is 78.1 Å². The molecule has 0 unspecified atom stereocenters. The Hall–Kier alpha value is -0.860. The molecule has 0 aliphatic carbocycles. The molecule has 0 aliphatic rings. The van der Waals surface area contributed by atoms with Crippen LogP contribution >= 0.6 is 0 Å². The van der Waals surface area contributed by atoms with Gasteiger partial charge in [-0.2, -0.15) is 0 Å². The first-order chi connectivity index (χ1) is 8.72. The number of ether oxygens (including phenoxy) is 1. The molecule has 0 atom stereocenters. The Balaban J connectivity index is 0. The number of esters is 1. The number of rotatable bonds is 10. The van der Waals surface area contributed by atoms with Crippen molar-refractivity contribution < 1.29 is 14.3 Å². The van der Waals surface area contributed by atoms with E-state index < -0.39 is 0 Å². The maximum atomic E-state index is 10.6. The summed E-state index contributed by atoms with van der Waals surface area (Å²) in [6, 6.07) is 0. The van der Waals surface area contributed by atoms with E-state index in [1.807, 2.05) is 0 Å². The second kappa shape index (κ2) is 18.5. The van der Waals surface area contributed by atoms with E-state index in [0.29, 0.717) is 6.42 Å². The SMILES string of the molecule is CCCCCCC(=O)OC.CCCCCCC=O. The minimum atomic E-state index is -0.0869. The minimum absolute atomic E-state index is 0.0869. The summed E-state index contributed by atoms with van der Waals surface area (Å²) < 4.78 is 4.49. The summed E-state index contributed by atoms with van der Waals surface area (Å²) in [7, 11) is 1.43. The van der Waals surface area contributed by atoms with Crippen LogP contribution in [0.1, 0.15) is 78.1 Å². The van der Waals surface area contributed by atoms with Crippen LogP contribution in [-0.2, 0) is 14.3 Å². The second-order valence-electron chi connectivity index (χ2n) is 4.40. The standard InChI is InChI=1S/C8H16O2.C7H14O/c1-3-4-5-6-7-8(9)10-2;1-2-3-4-5-6-7-8/h3-7H2,1-2H3;7H,2-6H2,1H3. The zero-order chi connectivity index (χ0) is 14.1. The first-order valence-electron chi connectivity index (χ1n) is 7.23. The summed E-state index contributed by atoms with van der Waals surface area (Å²) in [6.45, 7) is 4.32. The van der Waals surface area contributed by atoms with E-state index in [1.165, 1.54) is 39.2 Å². The first kappa shape index (κ1) is 19.5. The van der Waals surface area contributed by atoms with E-state index in [4.69, 9.17) is 0 Å². The van der Waals surface area contributed by atoms with E-state index in [0.717, 1.165) is 32.0 Å². The van der Waals surface area contributed by atoms with Crippen molar-refractivity contribution in [2.75, 3.05) is 7.11 Å². The molecule has 3 heteroatoms. The Kier molecular flexibility index (Phi) is 20.0.